The van der Waals surface area contributed by atoms with Crippen LogP contribution in [0.3, 0.4) is 0 Å². The standard InChI is InChI=1S/C18H22FN5O2S/c1-12-13(2)23-18(20)16-17(12)24(11-21-16)9-4-3-8-22-27(25,26)15-7-5-6-14(19)10-15/h5-7,10-11,22H,3-4,8-9H2,1-2H3,(H2,20,23). The van der Waals surface area contributed by atoms with Gasteiger partial charge >= 0.3 is 0 Å². The molecule has 0 amide bonds. The Bertz CT molecular complexity index is 1080. The third-order valence-electron chi connectivity index (χ3n) is 4.49. The first-order valence-corrected chi connectivity index (χ1v) is 10.1. The lowest BCUT2D eigenvalue weighted by Crippen LogP contribution is -2.25. The Hall–Kier alpha value is -2.52. The van der Waals surface area contributed by atoms with Crippen molar-refractivity contribution >= 4 is 26.9 Å². The third-order valence-corrected chi connectivity index (χ3v) is 5.95. The highest BCUT2D eigenvalue weighted by Crippen LogP contribution is 2.24. The van der Waals surface area contributed by atoms with Crippen LogP contribution in [0.25, 0.3) is 11.0 Å². The zero-order chi connectivity index (χ0) is 19.6. The van der Waals surface area contributed by atoms with Gasteiger partial charge in [-0.2, -0.15) is 0 Å². The molecule has 0 unspecified atom stereocenters. The Morgan fingerprint density at radius 2 is 2.04 bits per heavy atom. The van der Waals surface area contributed by atoms with E-state index >= 15 is 0 Å². The molecule has 0 atom stereocenters. The third kappa shape index (κ3) is 4.09. The lowest BCUT2D eigenvalue weighted by Gasteiger charge is -2.10. The molecule has 0 aliphatic rings. The van der Waals surface area contributed by atoms with Gasteiger partial charge < -0.3 is 10.3 Å². The zero-order valence-electron chi connectivity index (χ0n) is 15.2. The predicted octanol–water partition coefficient (Wildman–Crippen LogP) is 2.53. The van der Waals surface area contributed by atoms with Crippen LogP contribution < -0.4 is 10.5 Å². The van der Waals surface area contributed by atoms with Crippen LogP contribution in [-0.2, 0) is 16.6 Å². The SMILES string of the molecule is Cc1nc(N)c2ncn(CCCCNS(=O)(=O)c3cccc(F)c3)c2c1C. The lowest BCUT2D eigenvalue weighted by atomic mass is 10.2. The van der Waals surface area contributed by atoms with Gasteiger partial charge in [-0.15, -0.1) is 0 Å². The molecule has 2 heterocycles. The maximum Gasteiger partial charge on any atom is 0.240 e. The first-order valence-electron chi connectivity index (χ1n) is 8.62. The molecule has 9 heteroatoms. The van der Waals surface area contributed by atoms with Gasteiger partial charge in [-0.05, 0) is 50.5 Å². The highest BCUT2D eigenvalue weighted by molar-refractivity contribution is 7.89. The molecule has 0 spiro atoms. The largest absolute Gasteiger partial charge is 0.382 e. The second kappa shape index (κ2) is 7.61. The van der Waals surface area contributed by atoms with E-state index in [1.54, 1.807) is 6.33 Å². The number of rotatable bonds is 7. The van der Waals surface area contributed by atoms with Crippen LogP contribution in [0.1, 0.15) is 24.1 Å². The van der Waals surface area contributed by atoms with Crippen molar-refractivity contribution in [2.75, 3.05) is 12.3 Å². The molecular weight excluding hydrogens is 369 g/mol. The number of unbranched alkanes of at least 4 members (excludes halogenated alkanes) is 1. The molecule has 0 aliphatic heterocycles. The summed E-state index contributed by atoms with van der Waals surface area (Å²) in [6, 6.07) is 4.95. The monoisotopic (exact) mass is 391 g/mol. The summed E-state index contributed by atoms with van der Waals surface area (Å²) in [7, 11) is -3.70. The van der Waals surface area contributed by atoms with Gasteiger partial charge in [-0.3, -0.25) is 0 Å². The minimum absolute atomic E-state index is 0.0721. The van der Waals surface area contributed by atoms with E-state index in [-0.39, 0.29) is 11.4 Å². The molecule has 7 nitrogen and oxygen atoms in total. The second-order valence-corrected chi connectivity index (χ2v) is 8.17. The summed E-state index contributed by atoms with van der Waals surface area (Å²) < 4.78 is 42.0. The van der Waals surface area contributed by atoms with Gasteiger partial charge in [0.1, 0.15) is 11.3 Å². The lowest BCUT2D eigenvalue weighted by molar-refractivity contribution is 0.565. The average Bonchev–Trinajstić information content (AvgIpc) is 3.04. The molecule has 3 aromatic rings. The molecule has 0 radical (unpaired) electrons. The fourth-order valence-corrected chi connectivity index (χ4v) is 4.06. The number of anilines is 1. The van der Waals surface area contributed by atoms with Crippen LogP contribution in [0, 0.1) is 19.7 Å². The number of nitrogens with zero attached hydrogens (tertiary/aromatic N) is 3. The molecule has 0 fully saturated rings. The van der Waals surface area contributed by atoms with Crippen LogP contribution in [-0.4, -0.2) is 29.5 Å². The molecular formula is C18H22FN5O2S. The van der Waals surface area contributed by atoms with E-state index in [0.29, 0.717) is 24.3 Å². The van der Waals surface area contributed by atoms with Crippen molar-refractivity contribution in [1.29, 1.82) is 0 Å². The Morgan fingerprint density at radius 1 is 1.26 bits per heavy atom. The first kappa shape index (κ1) is 19.2. The van der Waals surface area contributed by atoms with E-state index in [0.717, 1.165) is 29.3 Å². The molecule has 3 rings (SSSR count). The van der Waals surface area contributed by atoms with Gasteiger partial charge in [-0.25, -0.2) is 27.5 Å². The Morgan fingerprint density at radius 3 is 2.78 bits per heavy atom. The van der Waals surface area contributed by atoms with E-state index in [9.17, 15) is 12.8 Å². The molecule has 0 saturated heterocycles. The summed E-state index contributed by atoms with van der Waals surface area (Å²) in [5.74, 6) is -0.168. The minimum Gasteiger partial charge on any atom is -0.382 e. The van der Waals surface area contributed by atoms with E-state index in [1.807, 2.05) is 18.4 Å². The number of hydrogen-bond acceptors (Lipinski definition) is 5. The Kier molecular flexibility index (Phi) is 5.43. The summed E-state index contributed by atoms with van der Waals surface area (Å²) in [6.07, 6.45) is 3.11. The van der Waals surface area contributed by atoms with Crippen molar-refractivity contribution in [2.24, 2.45) is 0 Å². The first-order chi connectivity index (χ1) is 12.8. The number of benzene rings is 1. The van der Waals surface area contributed by atoms with Crippen molar-refractivity contribution in [1.82, 2.24) is 19.3 Å². The van der Waals surface area contributed by atoms with Gasteiger partial charge in [0, 0.05) is 18.8 Å². The van der Waals surface area contributed by atoms with E-state index in [1.165, 1.54) is 18.2 Å². The van der Waals surface area contributed by atoms with Crippen LogP contribution in [0.2, 0.25) is 0 Å². The molecule has 2 aromatic heterocycles. The number of aryl methyl sites for hydroxylation is 3. The number of pyridine rings is 1. The van der Waals surface area contributed by atoms with E-state index < -0.39 is 15.8 Å². The summed E-state index contributed by atoms with van der Waals surface area (Å²) in [5.41, 5.74) is 9.48. The molecule has 0 saturated carbocycles. The number of aromatic nitrogens is 3. The fraction of sp³-hybridized carbons (Fsp3) is 0.333. The summed E-state index contributed by atoms with van der Waals surface area (Å²) in [6.45, 7) is 4.84. The number of hydrogen-bond donors (Lipinski definition) is 2. The maximum absolute atomic E-state index is 13.2. The molecule has 0 aliphatic carbocycles. The zero-order valence-corrected chi connectivity index (χ0v) is 16.1. The molecule has 144 valence electrons. The van der Waals surface area contributed by atoms with Gasteiger partial charge in [0.25, 0.3) is 0 Å². The topological polar surface area (TPSA) is 103 Å². The molecule has 3 N–H and O–H groups in total. The average molecular weight is 391 g/mol. The smallest absolute Gasteiger partial charge is 0.240 e. The normalized spacial score (nSPS) is 12.0. The van der Waals surface area contributed by atoms with Crippen molar-refractivity contribution in [3.63, 3.8) is 0 Å². The Labute approximate surface area is 157 Å². The quantitative estimate of drug-likeness (QED) is 0.603. The van der Waals surface area contributed by atoms with E-state index in [2.05, 4.69) is 14.7 Å². The number of imidazole rings is 1. The summed E-state index contributed by atoms with van der Waals surface area (Å²) in [5, 5.41) is 0. The minimum atomic E-state index is -3.70. The van der Waals surface area contributed by atoms with Crippen LogP contribution >= 0.6 is 0 Å². The predicted molar refractivity (Wildman–Crippen MR) is 102 cm³/mol. The maximum atomic E-state index is 13.2. The van der Waals surface area contributed by atoms with Crippen molar-refractivity contribution in [2.45, 2.75) is 38.1 Å². The Balaban J connectivity index is 1.59. The number of nitrogens with two attached hydrogens (primary N) is 1. The number of halogens is 1. The van der Waals surface area contributed by atoms with Crippen LogP contribution in [0.5, 0.6) is 0 Å². The number of sulfonamides is 1. The number of nitrogen functional groups attached to an aromatic ring is 1. The molecule has 27 heavy (non-hydrogen) atoms. The number of fused-ring (bicyclic) bond motifs is 1. The summed E-state index contributed by atoms with van der Waals surface area (Å²) in [4.78, 5) is 8.55. The second-order valence-electron chi connectivity index (χ2n) is 6.40. The molecule has 1 aromatic carbocycles. The van der Waals surface area contributed by atoms with Gasteiger partial charge in [-0.1, -0.05) is 6.07 Å². The van der Waals surface area contributed by atoms with Crippen LogP contribution in [0.15, 0.2) is 35.5 Å². The van der Waals surface area contributed by atoms with Crippen molar-refractivity contribution in [3.05, 3.63) is 47.7 Å². The molecule has 0 bridgehead atoms. The van der Waals surface area contributed by atoms with Crippen LogP contribution in [0.4, 0.5) is 10.2 Å². The summed E-state index contributed by atoms with van der Waals surface area (Å²) >= 11 is 0. The highest BCUT2D eigenvalue weighted by atomic mass is 32.2. The van der Waals surface area contributed by atoms with Crippen molar-refractivity contribution < 1.29 is 12.8 Å². The fourth-order valence-electron chi connectivity index (χ4n) is 2.95. The van der Waals surface area contributed by atoms with Crippen molar-refractivity contribution in [3.8, 4) is 0 Å². The van der Waals surface area contributed by atoms with Gasteiger partial charge in [0.05, 0.1) is 16.7 Å². The van der Waals surface area contributed by atoms with Gasteiger partial charge in [0.15, 0.2) is 5.82 Å². The van der Waals surface area contributed by atoms with E-state index in [4.69, 9.17) is 5.73 Å². The number of nitrogens with one attached hydrogen (secondary N) is 1. The highest BCUT2D eigenvalue weighted by Gasteiger charge is 2.14. The van der Waals surface area contributed by atoms with Gasteiger partial charge in [0.2, 0.25) is 10.0 Å².